The molecule has 3 rings (SSSR count). The fourth-order valence-corrected chi connectivity index (χ4v) is 5.71. The highest BCUT2D eigenvalue weighted by molar-refractivity contribution is 9.10. The molecule has 2 amide bonds. The van der Waals surface area contributed by atoms with E-state index in [1.165, 1.54) is 11.4 Å². The van der Waals surface area contributed by atoms with E-state index < -0.39 is 16.1 Å². The van der Waals surface area contributed by atoms with Crippen molar-refractivity contribution in [2.75, 3.05) is 13.6 Å². The Morgan fingerprint density at radius 2 is 1.46 bits per heavy atom. The van der Waals surface area contributed by atoms with Crippen molar-refractivity contribution in [1.82, 2.24) is 14.5 Å². The molecule has 208 valence electrons. The molecule has 0 fully saturated rings. The third kappa shape index (κ3) is 9.02. The third-order valence-corrected chi connectivity index (χ3v) is 8.68. The van der Waals surface area contributed by atoms with Crippen LogP contribution in [0.25, 0.3) is 0 Å². The second kappa shape index (κ2) is 14.4. The number of hydrogen-bond donors (Lipinski definition) is 1. The van der Waals surface area contributed by atoms with Gasteiger partial charge in [0, 0.05) is 43.5 Å². The van der Waals surface area contributed by atoms with Crippen LogP contribution < -0.4 is 5.32 Å². The summed E-state index contributed by atoms with van der Waals surface area (Å²) in [4.78, 5) is 29.0. The molecule has 1 atom stereocenters. The van der Waals surface area contributed by atoms with Gasteiger partial charge < -0.3 is 10.2 Å². The minimum Gasteiger partial charge on any atom is -0.352 e. The van der Waals surface area contributed by atoms with E-state index in [-0.39, 0.29) is 42.3 Å². The third-order valence-electron chi connectivity index (χ3n) is 6.28. The van der Waals surface area contributed by atoms with Gasteiger partial charge in [0.2, 0.25) is 21.8 Å². The largest absolute Gasteiger partial charge is 0.352 e. The summed E-state index contributed by atoms with van der Waals surface area (Å²) in [5.74, 6) is -0.425. The van der Waals surface area contributed by atoms with Gasteiger partial charge in [-0.15, -0.1) is 0 Å². The Morgan fingerprint density at radius 3 is 2.05 bits per heavy atom. The number of benzene rings is 3. The van der Waals surface area contributed by atoms with Crippen LogP contribution in [0.15, 0.2) is 94.3 Å². The average molecular weight is 615 g/mol. The number of carbonyl (C=O) groups excluding carboxylic acids is 2. The number of sulfonamides is 1. The van der Waals surface area contributed by atoms with Gasteiger partial charge in [0.05, 0.1) is 4.90 Å². The van der Waals surface area contributed by atoms with Crippen molar-refractivity contribution in [2.45, 2.75) is 56.6 Å². The molecule has 0 aliphatic carbocycles. The van der Waals surface area contributed by atoms with Crippen LogP contribution >= 0.6 is 15.9 Å². The molecule has 1 N–H and O–H groups in total. The van der Waals surface area contributed by atoms with Gasteiger partial charge >= 0.3 is 0 Å². The average Bonchev–Trinajstić information content (AvgIpc) is 2.92. The van der Waals surface area contributed by atoms with Gasteiger partial charge in [0.15, 0.2) is 0 Å². The monoisotopic (exact) mass is 613 g/mol. The summed E-state index contributed by atoms with van der Waals surface area (Å²) in [7, 11) is -2.14. The molecule has 0 saturated heterocycles. The van der Waals surface area contributed by atoms with Gasteiger partial charge in [-0.2, -0.15) is 0 Å². The molecule has 39 heavy (non-hydrogen) atoms. The molecule has 3 aromatic carbocycles. The number of nitrogens with zero attached hydrogens (tertiary/aromatic N) is 2. The molecule has 0 aliphatic rings. The smallest absolute Gasteiger partial charge is 0.243 e. The Hall–Kier alpha value is -3.01. The summed E-state index contributed by atoms with van der Waals surface area (Å²) in [6.07, 6.45) is 0.789. The maximum Gasteiger partial charge on any atom is 0.243 e. The molecule has 3 aromatic rings. The zero-order valence-corrected chi connectivity index (χ0v) is 25.0. The maximum atomic E-state index is 13.7. The number of halogens is 1. The summed E-state index contributed by atoms with van der Waals surface area (Å²) < 4.78 is 28.0. The maximum absolute atomic E-state index is 13.7. The van der Waals surface area contributed by atoms with E-state index in [0.717, 1.165) is 15.6 Å². The van der Waals surface area contributed by atoms with E-state index in [4.69, 9.17) is 0 Å². The van der Waals surface area contributed by atoms with Crippen LogP contribution in [-0.2, 0) is 32.6 Å². The summed E-state index contributed by atoms with van der Waals surface area (Å²) >= 11 is 3.45. The Labute approximate surface area is 240 Å². The second-order valence-corrected chi connectivity index (χ2v) is 12.7. The number of nitrogens with one attached hydrogen (secondary N) is 1. The normalized spacial score (nSPS) is 12.4. The zero-order chi connectivity index (χ0) is 28.4. The van der Waals surface area contributed by atoms with Crippen molar-refractivity contribution in [1.29, 1.82) is 0 Å². The van der Waals surface area contributed by atoms with Crippen LogP contribution in [0.5, 0.6) is 0 Å². The molecule has 0 radical (unpaired) electrons. The van der Waals surface area contributed by atoms with Crippen molar-refractivity contribution in [3.63, 3.8) is 0 Å². The molecule has 0 bridgehead atoms. The lowest BCUT2D eigenvalue weighted by molar-refractivity contribution is -0.141. The van der Waals surface area contributed by atoms with E-state index in [0.29, 0.717) is 12.8 Å². The van der Waals surface area contributed by atoms with Crippen molar-refractivity contribution in [3.8, 4) is 0 Å². The van der Waals surface area contributed by atoms with Crippen LogP contribution in [0.2, 0.25) is 0 Å². The number of carbonyl (C=O) groups is 2. The summed E-state index contributed by atoms with van der Waals surface area (Å²) in [6.45, 7) is 4.21. The molecular formula is C30H36BrN3O4S. The first-order chi connectivity index (χ1) is 18.6. The topological polar surface area (TPSA) is 86.8 Å². The van der Waals surface area contributed by atoms with Crippen LogP contribution in [0, 0.1) is 0 Å². The van der Waals surface area contributed by atoms with E-state index in [1.807, 2.05) is 68.4 Å². The lowest BCUT2D eigenvalue weighted by atomic mass is 10.0. The van der Waals surface area contributed by atoms with E-state index in [2.05, 4.69) is 21.2 Å². The lowest BCUT2D eigenvalue weighted by Gasteiger charge is -2.32. The minimum absolute atomic E-state index is 0.0859. The molecule has 0 unspecified atom stereocenters. The Kier molecular flexibility index (Phi) is 11.3. The quantitative estimate of drug-likeness (QED) is 0.293. The Balaban J connectivity index is 1.81. The molecule has 0 aromatic heterocycles. The zero-order valence-electron chi connectivity index (χ0n) is 22.6. The molecular weight excluding hydrogens is 578 g/mol. The van der Waals surface area contributed by atoms with Gasteiger partial charge in [0.1, 0.15) is 6.04 Å². The first-order valence-corrected chi connectivity index (χ1v) is 15.2. The van der Waals surface area contributed by atoms with Gasteiger partial charge in [0.25, 0.3) is 0 Å². The molecule has 0 saturated carbocycles. The Bertz CT molecular complexity index is 1320. The molecule has 0 heterocycles. The summed E-state index contributed by atoms with van der Waals surface area (Å²) in [5, 5.41) is 2.98. The van der Waals surface area contributed by atoms with Gasteiger partial charge in [-0.3, -0.25) is 9.59 Å². The van der Waals surface area contributed by atoms with E-state index in [1.54, 1.807) is 35.2 Å². The molecule has 0 spiro atoms. The number of amides is 2. The van der Waals surface area contributed by atoms with Crippen molar-refractivity contribution in [3.05, 3.63) is 101 Å². The summed E-state index contributed by atoms with van der Waals surface area (Å²) in [6, 6.07) is 24.7. The minimum atomic E-state index is -3.65. The number of hydrogen-bond acceptors (Lipinski definition) is 4. The van der Waals surface area contributed by atoms with Crippen LogP contribution in [0.1, 0.15) is 37.8 Å². The SMILES string of the molecule is CC(C)NC(=O)[C@H](Cc1ccccc1)N(Cc1ccc(Br)cc1)C(=O)CCCN(C)S(=O)(=O)c1ccccc1. The van der Waals surface area contributed by atoms with E-state index >= 15 is 0 Å². The molecule has 9 heteroatoms. The molecule has 7 nitrogen and oxygen atoms in total. The van der Waals surface area contributed by atoms with Gasteiger partial charge in [-0.1, -0.05) is 76.6 Å². The lowest BCUT2D eigenvalue weighted by Crippen LogP contribution is -2.51. The fraction of sp³-hybridized carbons (Fsp3) is 0.333. The first kappa shape index (κ1) is 30.5. The highest BCUT2D eigenvalue weighted by Gasteiger charge is 2.31. The standard InChI is InChI=1S/C30H36BrN3O4S/c1-23(2)32-30(36)28(21-24-11-6-4-7-12-24)34(22-25-16-18-26(31)19-17-25)29(35)15-10-20-33(3)39(37,38)27-13-8-5-9-14-27/h4-9,11-14,16-19,23,28H,10,15,20-22H2,1-3H3,(H,32,36)/t28-/m0/s1. The van der Waals surface area contributed by atoms with Gasteiger partial charge in [-0.05, 0) is 55.7 Å². The van der Waals surface area contributed by atoms with Gasteiger partial charge in [-0.25, -0.2) is 12.7 Å². The van der Waals surface area contributed by atoms with E-state index in [9.17, 15) is 18.0 Å². The second-order valence-electron chi connectivity index (χ2n) is 9.76. The van der Waals surface area contributed by atoms with Crippen molar-refractivity contribution in [2.24, 2.45) is 0 Å². The van der Waals surface area contributed by atoms with Crippen LogP contribution in [0.4, 0.5) is 0 Å². The van der Waals surface area contributed by atoms with Crippen molar-refractivity contribution < 1.29 is 18.0 Å². The highest BCUT2D eigenvalue weighted by Crippen LogP contribution is 2.19. The highest BCUT2D eigenvalue weighted by atomic mass is 79.9. The van der Waals surface area contributed by atoms with Crippen LogP contribution in [0.3, 0.4) is 0 Å². The van der Waals surface area contributed by atoms with Crippen LogP contribution in [-0.4, -0.2) is 55.1 Å². The first-order valence-electron chi connectivity index (χ1n) is 13.0. The Morgan fingerprint density at radius 1 is 0.872 bits per heavy atom. The fourth-order valence-electron chi connectivity index (χ4n) is 4.21. The number of rotatable bonds is 13. The molecule has 0 aliphatic heterocycles. The predicted molar refractivity (Wildman–Crippen MR) is 157 cm³/mol. The van der Waals surface area contributed by atoms with Crippen molar-refractivity contribution >= 4 is 37.8 Å². The summed E-state index contributed by atoms with van der Waals surface area (Å²) in [5.41, 5.74) is 1.84. The predicted octanol–water partition coefficient (Wildman–Crippen LogP) is 5.01.